The molecule has 1 aliphatic rings. The molecule has 6 N–H and O–H groups in total. The van der Waals surface area contributed by atoms with E-state index in [4.69, 9.17) is 11.5 Å². The molecular formula is C20H16N8O4S5. The summed E-state index contributed by atoms with van der Waals surface area (Å²) in [5, 5.41) is 21.1. The van der Waals surface area contributed by atoms with E-state index in [0.29, 0.717) is 41.4 Å². The van der Waals surface area contributed by atoms with Crippen LogP contribution in [0.3, 0.4) is 0 Å². The van der Waals surface area contributed by atoms with E-state index < -0.39 is 9.84 Å². The third-order valence-corrected chi connectivity index (χ3v) is 10.5. The monoisotopic (exact) mass is 592 g/mol. The van der Waals surface area contributed by atoms with Crippen LogP contribution < -0.4 is 22.1 Å². The van der Waals surface area contributed by atoms with E-state index in [1.807, 2.05) is 0 Å². The van der Waals surface area contributed by atoms with Gasteiger partial charge in [0.05, 0.1) is 21.3 Å². The first-order valence-corrected chi connectivity index (χ1v) is 15.3. The Bertz CT molecular complexity index is 1520. The van der Waals surface area contributed by atoms with Crippen LogP contribution in [0.1, 0.15) is 0 Å². The number of hydrogen-bond donors (Lipinski definition) is 4. The van der Waals surface area contributed by atoms with E-state index in [1.54, 1.807) is 24.3 Å². The number of benzene rings is 2. The number of amides is 2. The van der Waals surface area contributed by atoms with Crippen LogP contribution in [0.5, 0.6) is 0 Å². The minimum absolute atomic E-state index is 0.0620. The molecule has 17 heteroatoms. The number of nitrogens with one attached hydrogen (secondary N) is 2. The lowest BCUT2D eigenvalue weighted by molar-refractivity contribution is -0.114. The number of thioether (sulfide) groups is 2. The molecule has 0 atom stereocenters. The van der Waals surface area contributed by atoms with Gasteiger partial charge in [-0.15, -0.1) is 20.4 Å². The normalized spacial score (nSPS) is 13.1. The summed E-state index contributed by atoms with van der Waals surface area (Å²) in [4.78, 5) is 24.9. The number of sulfone groups is 1. The molecule has 5 rings (SSSR count). The van der Waals surface area contributed by atoms with E-state index in [2.05, 4.69) is 31.0 Å². The number of aromatic nitrogens is 4. The van der Waals surface area contributed by atoms with Crippen molar-refractivity contribution in [1.29, 1.82) is 0 Å². The highest BCUT2D eigenvalue weighted by Crippen LogP contribution is 2.45. The van der Waals surface area contributed by atoms with Gasteiger partial charge in [0.2, 0.25) is 31.9 Å². The molecule has 0 saturated heterocycles. The standard InChI is InChI=1S/C20H16N8O4S5/c21-17-25-27-19(35-17)33-7-15(29)23-9-1-3-11-12-4-2-10(6-14(12)37(31,32)13(11)5-9)24-16(30)8-34-20-28-26-18(22)36-20/h1-6H,7-8H2,(H2,21,25)(H2,22,26)(H,23,29)(H,24,30). The van der Waals surface area contributed by atoms with Crippen LogP contribution >= 0.6 is 46.2 Å². The number of nitrogen functional groups attached to an aromatic ring is 2. The second kappa shape index (κ2) is 10.3. The topological polar surface area (TPSA) is 196 Å². The van der Waals surface area contributed by atoms with Crippen molar-refractivity contribution in [2.45, 2.75) is 18.5 Å². The van der Waals surface area contributed by atoms with E-state index >= 15 is 0 Å². The average Bonchev–Trinajstić information content (AvgIpc) is 3.53. The minimum Gasteiger partial charge on any atom is -0.374 e. The summed E-state index contributed by atoms with van der Waals surface area (Å²) in [6.07, 6.45) is 0. The summed E-state index contributed by atoms with van der Waals surface area (Å²) in [6, 6.07) is 9.44. The van der Waals surface area contributed by atoms with Gasteiger partial charge in [-0.1, -0.05) is 58.3 Å². The van der Waals surface area contributed by atoms with Gasteiger partial charge in [0.25, 0.3) is 0 Å². The minimum atomic E-state index is -3.86. The highest BCUT2D eigenvalue weighted by Gasteiger charge is 2.33. The highest BCUT2D eigenvalue weighted by molar-refractivity contribution is 8.02. The first-order valence-electron chi connectivity index (χ1n) is 10.3. The highest BCUT2D eigenvalue weighted by atomic mass is 32.2. The molecular weight excluding hydrogens is 577 g/mol. The van der Waals surface area contributed by atoms with Crippen molar-refractivity contribution in [2.24, 2.45) is 0 Å². The van der Waals surface area contributed by atoms with Gasteiger partial charge in [-0.05, 0) is 24.3 Å². The summed E-state index contributed by atoms with van der Waals surface area (Å²) < 4.78 is 27.7. The van der Waals surface area contributed by atoms with Gasteiger partial charge in [0.1, 0.15) is 0 Å². The second-order valence-corrected chi connectivity index (χ2v) is 13.8. The third kappa shape index (κ3) is 5.54. The van der Waals surface area contributed by atoms with Crippen molar-refractivity contribution in [2.75, 3.05) is 33.6 Å². The first kappa shape index (κ1) is 25.4. The van der Waals surface area contributed by atoms with Gasteiger partial charge in [-0.2, -0.15) is 0 Å². The van der Waals surface area contributed by atoms with Gasteiger partial charge in [0, 0.05) is 22.5 Å². The molecule has 0 unspecified atom stereocenters. The molecule has 4 aromatic rings. The quantitative estimate of drug-likeness (QED) is 0.193. The molecule has 0 fully saturated rings. The van der Waals surface area contributed by atoms with Gasteiger partial charge in [0.15, 0.2) is 8.68 Å². The maximum absolute atomic E-state index is 13.3. The molecule has 0 bridgehead atoms. The van der Waals surface area contributed by atoms with Gasteiger partial charge < -0.3 is 22.1 Å². The average molecular weight is 593 g/mol. The summed E-state index contributed by atoms with van der Waals surface area (Å²) in [5.41, 5.74) is 12.8. The van der Waals surface area contributed by atoms with Crippen LogP contribution in [0.25, 0.3) is 11.1 Å². The van der Waals surface area contributed by atoms with Crippen LogP contribution in [0.2, 0.25) is 0 Å². The Hall–Kier alpha value is -3.25. The predicted octanol–water partition coefficient (Wildman–Crippen LogP) is 2.83. The zero-order chi connectivity index (χ0) is 26.2. The lowest BCUT2D eigenvalue weighted by atomic mass is 10.0. The largest absolute Gasteiger partial charge is 0.374 e. The lowest BCUT2D eigenvalue weighted by Crippen LogP contribution is -2.14. The fraction of sp³-hybridized carbons (Fsp3) is 0.100. The van der Waals surface area contributed by atoms with Crippen LogP contribution in [-0.4, -0.2) is 52.1 Å². The Morgan fingerprint density at radius 3 is 1.57 bits per heavy atom. The number of rotatable bonds is 8. The maximum atomic E-state index is 13.3. The molecule has 3 heterocycles. The molecule has 0 aliphatic carbocycles. The van der Waals surface area contributed by atoms with Crippen molar-refractivity contribution >= 4 is 89.5 Å². The first-order chi connectivity index (χ1) is 17.7. The van der Waals surface area contributed by atoms with Crippen LogP contribution in [0.4, 0.5) is 21.6 Å². The molecule has 1 aliphatic heterocycles. The molecule has 190 valence electrons. The second-order valence-electron chi connectivity index (χ2n) is 7.41. The Balaban J connectivity index is 1.26. The number of nitrogens with two attached hydrogens (primary N) is 2. The van der Waals surface area contributed by atoms with Crippen molar-refractivity contribution in [3.05, 3.63) is 36.4 Å². The number of nitrogens with zero attached hydrogens (tertiary/aromatic N) is 4. The van der Waals surface area contributed by atoms with Gasteiger partial charge in [-0.3, -0.25) is 9.59 Å². The molecule has 0 spiro atoms. The zero-order valence-electron chi connectivity index (χ0n) is 18.5. The number of fused-ring (bicyclic) bond motifs is 3. The molecule has 2 aromatic carbocycles. The van der Waals surface area contributed by atoms with Gasteiger partial charge in [-0.25, -0.2) is 8.42 Å². The number of carbonyl (C=O) groups excluding carboxylic acids is 2. The van der Waals surface area contributed by atoms with E-state index in [1.165, 1.54) is 58.3 Å². The summed E-state index contributed by atoms with van der Waals surface area (Å²) in [6.45, 7) is 0. The molecule has 0 saturated carbocycles. The molecule has 37 heavy (non-hydrogen) atoms. The fourth-order valence-electron chi connectivity index (χ4n) is 3.41. The Labute approximate surface area is 226 Å². The zero-order valence-corrected chi connectivity index (χ0v) is 22.6. The van der Waals surface area contributed by atoms with Crippen LogP contribution in [0.15, 0.2) is 54.9 Å². The summed E-state index contributed by atoms with van der Waals surface area (Å²) in [5.74, 6) is -0.532. The van der Waals surface area contributed by atoms with E-state index in [9.17, 15) is 18.0 Å². The number of hydrogen-bond acceptors (Lipinski definition) is 14. The Kier molecular flexibility index (Phi) is 7.04. The Morgan fingerprint density at radius 2 is 1.19 bits per heavy atom. The van der Waals surface area contributed by atoms with Crippen LogP contribution in [-0.2, 0) is 19.4 Å². The Morgan fingerprint density at radius 1 is 0.757 bits per heavy atom. The number of anilines is 4. The van der Waals surface area contributed by atoms with Crippen LogP contribution in [0, 0.1) is 0 Å². The molecule has 2 amide bonds. The SMILES string of the molecule is Nc1nnc(SCC(=O)Nc2ccc3c(c2)S(=O)(=O)c2cc(NC(=O)CSc4nnc(N)s4)ccc2-3)s1. The third-order valence-electron chi connectivity index (χ3n) is 4.90. The number of carbonyl (C=O) groups is 2. The molecule has 12 nitrogen and oxygen atoms in total. The van der Waals surface area contributed by atoms with Crippen molar-refractivity contribution in [3.8, 4) is 11.1 Å². The lowest BCUT2D eigenvalue weighted by Gasteiger charge is -2.07. The molecule has 2 aromatic heterocycles. The van der Waals surface area contributed by atoms with Crippen molar-refractivity contribution in [3.63, 3.8) is 0 Å². The van der Waals surface area contributed by atoms with Crippen molar-refractivity contribution < 1.29 is 18.0 Å². The predicted molar refractivity (Wildman–Crippen MR) is 145 cm³/mol. The summed E-state index contributed by atoms with van der Waals surface area (Å²) >= 11 is 4.71. The van der Waals surface area contributed by atoms with E-state index in [0.717, 1.165) is 0 Å². The van der Waals surface area contributed by atoms with Crippen molar-refractivity contribution in [1.82, 2.24) is 20.4 Å². The maximum Gasteiger partial charge on any atom is 0.234 e. The molecule has 0 radical (unpaired) electrons. The summed E-state index contributed by atoms with van der Waals surface area (Å²) in [7, 11) is -3.86. The van der Waals surface area contributed by atoms with Gasteiger partial charge >= 0.3 is 0 Å². The fourth-order valence-corrected chi connectivity index (χ4v) is 8.02. The van der Waals surface area contributed by atoms with E-state index in [-0.39, 0.29) is 33.1 Å². The smallest absolute Gasteiger partial charge is 0.234 e.